The lowest BCUT2D eigenvalue weighted by molar-refractivity contribution is -0.123. The number of amides is 3. The number of rotatable bonds is 13. The first-order chi connectivity index (χ1) is 16.7. The van der Waals surface area contributed by atoms with Crippen LogP contribution in [0.5, 0.6) is 0 Å². The maximum Gasteiger partial charge on any atom is 0.408 e. The van der Waals surface area contributed by atoms with Crippen molar-refractivity contribution in [2.24, 2.45) is 0 Å². The van der Waals surface area contributed by atoms with Crippen LogP contribution in [0.25, 0.3) is 0 Å². The molecular formula is C23H30N3O8P. The minimum atomic E-state index is -4.46. The number of ether oxygens (including phenoxy) is 2. The van der Waals surface area contributed by atoms with Gasteiger partial charge in [0, 0.05) is 6.54 Å². The SMILES string of the molecule is O=C(NCCCC[C@H](NC(=O)OCc1ccccc1)C(=O)NCP(=O)(O)O)OCc1ccccc1. The van der Waals surface area contributed by atoms with Gasteiger partial charge in [-0.3, -0.25) is 9.36 Å². The Morgan fingerprint density at radius 2 is 1.34 bits per heavy atom. The molecule has 0 fully saturated rings. The number of unbranched alkanes of at least 4 members (excludes halogenated alkanes) is 1. The van der Waals surface area contributed by atoms with Crippen LogP contribution in [0.4, 0.5) is 9.59 Å². The highest BCUT2D eigenvalue weighted by Crippen LogP contribution is 2.31. The molecule has 2 rings (SSSR count). The lowest BCUT2D eigenvalue weighted by atomic mass is 10.1. The number of benzene rings is 2. The third kappa shape index (κ3) is 12.6. The molecule has 0 radical (unpaired) electrons. The molecule has 0 heterocycles. The summed E-state index contributed by atoms with van der Waals surface area (Å²) in [5.74, 6) is -0.750. The van der Waals surface area contributed by atoms with E-state index in [4.69, 9.17) is 19.3 Å². The van der Waals surface area contributed by atoms with Crippen LogP contribution in [0.3, 0.4) is 0 Å². The molecule has 3 amide bonds. The molecule has 5 N–H and O–H groups in total. The van der Waals surface area contributed by atoms with Crippen molar-refractivity contribution in [3.05, 3.63) is 71.8 Å². The van der Waals surface area contributed by atoms with Gasteiger partial charge in [0.15, 0.2) is 0 Å². The van der Waals surface area contributed by atoms with Gasteiger partial charge in [0.05, 0.1) is 0 Å². The lowest BCUT2D eigenvalue weighted by Gasteiger charge is -2.18. The van der Waals surface area contributed by atoms with Crippen LogP contribution in [-0.2, 0) is 32.0 Å². The fraction of sp³-hybridized carbons (Fsp3) is 0.348. The summed E-state index contributed by atoms with van der Waals surface area (Å²) in [5.41, 5.74) is 1.62. The smallest absolute Gasteiger partial charge is 0.408 e. The maximum atomic E-state index is 12.4. The van der Waals surface area contributed by atoms with Crippen molar-refractivity contribution in [3.63, 3.8) is 0 Å². The molecule has 2 aromatic rings. The van der Waals surface area contributed by atoms with Gasteiger partial charge in [-0.2, -0.15) is 0 Å². The monoisotopic (exact) mass is 507 g/mol. The molecular weight excluding hydrogens is 477 g/mol. The normalized spacial score (nSPS) is 11.7. The number of alkyl carbamates (subject to hydrolysis) is 2. The van der Waals surface area contributed by atoms with Gasteiger partial charge in [-0.05, 0) is 30.4 Å². The molecule has 1 atom stereocenters. The second-order valence-electron chi connectivity index (χ2n) is 7.61. The van der Waals surface area contributed by atoms with Gasteiger partial charge in [0.1, 0.15) is 25.5 Å². The zero-order chi connectivity index (χ0) is 25.5. The summed E-state index contributed by atoms with van der Waals surface area (Å²) in [6.45, 7) is 0.422. The number of hydrogen-bond donors (Lipinski definition) is 5. The Labute approximate surface area is 203 Å². The molecule has 2 aromatic carbocycles. The van der Waals surface area contributed by atoms with Crippen molar-refractivity contribution in [2.75, 3.05) is 12.8 Å². The van der Waals surface area contributed by atoms with Crippen LogP contribution >= 0.6 is 7.60 Å². The predicted octanol–water partition coefficient (Wildman–Crippen LogP) is 2.63. The zero-order valence-electron chi connectivity index (χ0n) is 19.1. The molecule has 0 aliphatic rings. The zero-order valence-corrected chi connectivity index (χ0v) is 20.0. The highest BCUT2D eigenvalue weighted by Gasteiger charge is 2.23. The molecule has 0 spiro atoms. The first-order valence-electron chi connectivity index (χ1n) is 11.0. The van der Waals surface area contributed by atoms with Crippen LogP contribution < -0.4 is 16.0 Å². The molecule has 0 saturated heterocycles. The average molecular weight is 507 g/mol. The Bertz CT molecular complexity index is 985. The second-order valence-corrected chi connectivity index (χ2v) is 9.25. The van der Waals surface area contributed by atoms with Gasteiger partial charge in [0.25, 0.3) is 0 Å². The highest BCUT2D eigenvalue weighted by molar-refractivity contribution is 7.51. The molecule has 0 unspecified atom stereocenters. The molecule has 0 aromatic heterocycles. The Morgan fingerprint density at radius 3 is 1.89 bits per heavy atom. The molecule has 0 saturated carbocycles. The minimum absolute atomic E-state index is 0.00148. The highest BCUT2D eigenvalue weighted by atomic mass is 31.2. The maximum absolute atomic E-state index is 12.4. The van der Waals surface area contributed by atoms with E-state index in [1.807, 2.05) is 36.4 Å². The van der Waals surface area contributed by atoms with Crippen LogP contribution in [-0.4, -0.2) is 46.8 Å². The first-order valence-corrected chi connectivity index (χ1v) is 12.8. The van der Waals surface area contributed by atoms with Crippen molar-refractivity contribution < 1.29 is 38.2 Å². The molecule has 35 heavy (non-hydrogen) atoms. The van der Waals surface area contributed by atoms with Crippen LogP contribution in [0.1, 0.15) is 30.4 Å². The predicted molar refractivity (Wildman–Crippen MR) is 127 cm³/mol. The van der Waals surface area contributed by atoms with Crippen LogP contribution in [0.15, 0.2) is 60.7 Å². The fourth-order valence-corrected chi connectivity index (χ4v) is 3.28. The van der Waals surface area contributed by atoms with Crippen molar-refractivity contribution in [3.8, 4) is 0 Å². The van der Waals surface area contributed by atoms with Gasteiger partial charge in [0.2, 0.25) is 5.91 Å². The molecule has 0 bridgehead atoms. The van der Waals surface area contributed by atoms with Crippen molar-refractivity contribution in [1.82, 2.24) is 16.0 Å². The summed E-state index contributed by atoms with van der Waals surface area (Å²) in [7, 11) is -4.46. The van der Waals surface area contributed by atoms with Crippen molar-refractivity contribution >= 4 is 25.7 Å². The summed E-state index contributed by atoms with van der Waals surface area (Å²) >= 11 is 0. The molecule has 0 aliphatic carbocycles. The Balaban J connectivity index is 1.75. The summed E-state index contributed by atoms with van der Waals surface area (Å²) in [5, 5.41) is 7.16. The van der Waals surface area contributed by atoms with Gasteiger partial charge in [-0.1, -0.05) is 60.7 Å². The van der Waals surface area contributed by atoms with Gasteiger partial charge >= 0.3 is 19.8 Å². The molecule has 0 aliphatic heterocycles. The Hall–Kier alpha value is -3.40. The third-order valence-electron chi connectivity index (χ3n) is 4.68. The van der Waals surface area contributed by atoms with E-state index in [1.165, 1.54) is 0 Å². The second kappa shape index (κ2) is 14.8. The lowest BCUT2D eigenvalue weighted by Crippen LogP contribution is -2.47. The number of nitrogens with one attached hydrogen (secondary N) is 3. The average Bonchev–Trinajstić information content (AvgIpc) is 2.84. The van der Waals surface area contributed by atoms with E-state index in [9.17, 15) is 18.9 Å². The summed E-state index contributed by atoms with van der Waals surface area (Å²) in [6.07, 6.45) is -1.21. The summed E-state index contributed by atoms with van der Waals surface area (Å²) < 4.78 is 21.3. The summed E-state index contributed by atoms with van der Waals surface area (Å²) in [4.78, 5) is 54.3. The standard InChI is InChI=1S/C23H30N3O8P/c27-21(25-17-35(30,31)32)20(26-23(29)34-16-19-11-5-2-6-12-19)13-7-8-14-24-22(28)33-15-18-9-3-1-4-10-18/h1-6,9-12,20H,7-8,13-17H2,(H,24,28)(H,25,27)(H,26,29)(H2,30,31,32)/t20-/m0/s1. The van der Waals surface area contributed by atoms with Gasteiger partial charge < -0.3 is 35.2 Å². The van der Waals surface area contributed by atoms with E-state index in [-0.39, 0.29) is 26.2 Å². The fourth-order valence-electron chi connectivity index (χ4n) is 2.92. The van der Waals surface area contributed by atoms with E-state index >= 15 is 0 Å². The number of hydrogen-bond acceptors (Lipinski definition) is 6. The Morgan fingerprint density at radius 1 is 0.800 bits per heavy atom. The van der Waals surface area contributed by atoms with Crippen molar-refractivity contribution in [2.45, 2.75) is 38.5 Å². The van der Waals surface area contributed by atoms with E-state index < -0.39 is 38.0 Å². The van der Waals surface area contributed by atoms with Gasteiger partial charge in [-0.15, -0.1) is 0 Å². The van der Waals surface area contributed by atoms with E-state index in [2.05, 4.69) is 16.0 Å². The van der Waals surface area contributed by atoms with Crippen molar-refractivity contribution in [1.29, 1.82) is 0 Å². The molecule has 190 valence electrons. The van der Waals surface area contributed by atoms with Crippen LogP contribution in [0.2, 0.25) is 0 Å². The van der Waals surface area contributed by atoms with Gasteiger partial charge in [-0.25, -0.2) is 9.59 Å². The Kier molecular flexibility index (Phi) is 11.8. The minimum Gasteiger partial charge on any atom is -0.445 e. The largest absolute Gasteiger partial charge is 0.445 e. The van der Waals surface area contributed by atoms with E-state index in [0.29, 0.717) is 12.8 Å². The quantitative estimate of drug-likeness (QED) is 0.204. The molecule has 12 heteroatoms. The number of carbonyl (C=O) groups is 3. The van der Waals surface area contributed by atoms with E-state index in [1.54, 1.807) is 24.3 Å². The van der Waals surface area contributed by atoms with E-state index in [0.717, 1.165) is 11.1 Å². The first kappa shape index (κ1) is 27.8. The van der Waals surface area contributed by atoms with Crippen LogP contribution in [0, 0.1) is 0 Å². The topological polar surface area (TPSA) is 163 Å². The number of carbonyl (C=O) groups excluding carboxylic acids is 3. The summed E-state index contributed by atoms with van der Waals surface area (Å²) in [6, 6.07) is 17.1. The molecule has 11 nitrogen and oxygen atoms in total. The third-order valence-corrected chi connectivity index (χ3v) is 5.25.